The predicted molar refractivity (Wildman–Crippen MR) is 121 cm³/mol. The van der Waals surface area contributed by atoms with Gasteiger partial charge in [0.25, 0.3) is 0 Å². The second-order valence-electron chi connectivity index (χ2n) is 5.27. The Morgan fingerprint density at radius 3 is 1.64 bits per heavy atom. The van der Waals surface area contributed by atoms with Gasteiger partial charge in [0.15, 0.2) is 0 Å². The zero-order chi connectivity index (χ0) is 18.2. The van der Waals surface area contributed by atoms with Crippen LogP contribution >= 0.6 is 28.6 Å². The highest BCUT2D eigenvalue weighted by atomic mass is 79.9. The third kappa shape index (κ3) is 4.65. The van der Waals surface area contributed by atoms with Crippen LogP contribution in [0.4, 0.5) is 0 Å². The van der Waals surface area contributed by atoms with Gasteiger partial charge in [-0.25, -0.2) is 0 Å². The summed E-state index contributed by atoms with van der Waals surface area (Å²) in [6.45, 7) is 4.00. The number of hydrogen-bond acceptors (Lipinski definition) is 1. The van der Waals surface area contributed by atoms with Gasteiger partial charge in [0.1, 0.15) is 0 Å². The van der Waals surface area contributed by atoms with Gasteiger partial charge in [-0.15, -0.1) is 0 Å². The zero-order valence-electron chi connectivity index (χ0n) is 14.8. The van der Waals surface area contributed by atoms with E-state index in [-0.39, 0.29) is 0 Å². The number of halogens is 1. The van der Waals surface area contributed by atoms with Crippen molar-refractivity contribution in [3.8, 4) is 11.1 Å². The van der Waals surface area contributed by atoms with Crippen LogP contribution in [0.5, 0.6) is 0 Å². The van der Waals surface area contributed by atoms with E-state index in [1.165, 1.54) is 32.7 Å². The lowest BCUT2D eigenvalue weighted by Crippen LogP contribution is -1.80. The molecule has 2 heteroatoms. The van der Waals surface area contributed by atoms with Crippen LogP contribution in [0.3, 0.4) is 0 Å². The molecule has 0 fully saturated rings. The monoisotopic (exact) mass is 410 g/mol. The van der Waals surface area contributed by atoms with Crippen molar-refractivity contribution in [2.75, 3.05) is 6.26 Å². The van der Waals surface area contributed by atoms with Crippen molar-refractivity contribution in [2.45, 2.75) is 13.8 Å². The number of benzene rings is 4. The molecule has 128 valence electrons. The second-order valence-corrected chi connectivity index (χ2v) is 6.18. The van der Waals surface area contributed by atoms with Gasteiger partial charge in [-0.1, -0.05) is 84.4 Å². The maximum absolute atomic E-state index is 3.53. The third-order valence-corrected chi connectivity index (χ3v) is 4.38. The van der Waals surface area contributed by atoms with Crippen molar-refractivity contribution in [1.29, 1.82) is 0 Å². The molecule has 0 radical (unpaired) electrons. The molecule has 0 aliphatic heterocycles. The molecule has 4 rings (SSSR count). The van der Waals surface area contributed by atoms with Gasteiger partial charge < -0.3 is 0 Å². The van der Waals surface area contributed by atoms with E-state index in [2.05, 4.69) is 107 Å². The van der Waals surface area contributed by atoms with Crippen LogP contribution in [0.15, 0.2) is 83.3 Å². The normalized spacial score (nSPS) is 9.80. The lowest BCUT2D eigenvalue weighted by atomic mass is 9.99. The fourth-order valence-corrected chi connectivity index (χ4v) is 3.14. The molecule has 0 nitrogen and oxygen atoms in total. The van der Waals surface area contributed by atoms with Gasteiger partial charge in [-0.05, 0) is 63.2 Å². The number of fused-ring (bicyclic) bond motifs is 2. The van der Waals surface area contributed by atoms with E-state index >= 15 is 0 Å². The Hall–Kier alpha value is -1.77. The minimum atomic E-state index is 1.12. The maximum Gasteiger partial charge on any atom is 0.0181 e. The second kappa shape index (κ2) is 9.65. The molecule has 0 atom stereocenters. The van der Waals surface area contributed by atoms with E-state index < -0.39 is 0 Å². The van der Waals surface area contributed by atoms with Crippen LogP contribution in [-0.4, -0.2) is 6.26 Å². The van der Waals surface area contributed by atoms with Crippen molar-refractivity contribution in [3.05, 3.63) is 83.3 Å². The molecule has 0 aliphatic rings. The Morgan fingerprint density at radius 1 is 0.560 bits per heavy atom. The summed E-state index contributed by atoms with van der Waals surface area (Å²) in [5, 5.41) is 5.09. The topological polar surface area (TPSA) is 0 Å². The first kappa shape index (κ1) is 19.6. The largest absolute Gasteiger partial charge is 0.183 e. The van der Waals surface area contributed by atoms with Crippen molar-refractivity contribution < 1.29 is 0 Å². The summed E-state index contributed by atoms with van der Waals surface area (Å²) < 4.78 is 1.12. The Labute approximate surface area is 164 Å². The summed E-state index contributed by atoms with van der Waals surface area (Å²) in [6, 6.07) is 28.2. The van der Waals surface area contributed by atoms with E-state index in [1.54, 1.807) is 6.26 Å². The molecule has 4 aromatic rings. The average molecular weight is 411 g/mol. The molecule has 0 aliphatic carbocycles. The minimum absolute atomic E-state index is 1.12. The standard InChI is InChI=1S/C20H13Br.C2H6.CH4S/c21-20-10-9-18-12-17(7-8-19(18)13-20)16-6-5-14-3-1-2-4-15(14)11-16;2*1-2/h1-13H;1-2H3;2H,1H3. The van der Waals surface area contributed by atoms with Crippen LogP contribution in [0.25, 0.3) is 32.7 Å². The SMILES string of the molecule is Brc1ccc2cc(-c3ccc4ccccc4c3)ccc2c1.CC.CS. The summed E-state index contributed by atoms with van der Waals surface area (Å²) in [6.07, 6.45) is 1.69. The van der Waals surface area contributed by atoms with Gasteiger partial charge in [0, 0.05) is 4.47 Å². The molecular formula is C23H23BrS. The Bertz CT molecular complexity index is 960. The Kier molecular flexibility index (Phi) is 7.54. The van der Waals surface area contributed by atoms with E-state index in [4.69, 9.17) is 0 Å². The molecule has 0 bridgehead atoms. The third-order valence-electron chi connectivity index (χ3n) is 3.89. The summed E-state index contributed by atoms with van der Waals surface area (Å²) in [5.74, 6) is 0. The van der Waals surface area contributed by atoms with E-state index in [9.17, 15) is 0 Å². The highest BCUT2D eigenvalue weighted by Gasteiger charge is 2.02. The molecule has 0 spiro atoms. The molecule has 0 saturated carbocycles. The first-order valence-electron chi connectivity index (χ1n) is 8.43. The predicted octanol–water partition coefficient (Wildman–Crippen LogP) is 7.99. The van der Waals surface area contributed by atoms with Crippen molar-refractivity contribution in [2.24, 2.45) is 0 Å². The maximum atomic E-state index is 3.53. The highest BCUT2D eigenvalue weighted by Crippen LogP contribution is 2.28. The Morgan fingerprint density at radius 2 is 1.00 bits per heavy atom. The first-order valence-corrected chi connectivity index (χ1v) is 10.1. The molecule has 0 N–H and O–H groups in total. The lowest BCUT2D eigenvalue weighted by molar-refractivity contribution is 1.50. The van der Waals surface area contributed by atoms with Gasteiger partial charge in [0.05, 0.1) is 0 Å². The zero-order valence-corrected chi connectivity index (χ0v) is 17.3. The van der Waals surface area contributed by atoms with Crippen LogP contribution in [0, 0.1) is 0 Å². The molecule has 0 saturated heterocycles. The molecule has 0 unspecified atom stereocenters. The number of hydrogen-bond donors (Lipinski definition) is 1. The quantitative estimate of drug-likeness (QED) is 0.302. The summed E-state index contributed by atoms with van der Waals surface area (Å²) in [7, 11) is 0. The van der Waals surface area contributed by atoms with E-state index in [0.717, 1.165) is 4.47 Å². The van der Waals surface area contributed by atoms with Gasteiger partial charge >= 0.3 is 0 Å². The summed E-state index contributed by atoms with van der Waals surface area (Å²) in [4.78, 5) is 0. The highest BCUT2D eigenvalue weighted by molar-refractivity contribution is 9.10. The minimum Gasteiger partial charge on any atom is -0.183 e. The molecule has 4 aromatic carbocycles. The van der Waals surface area contributed by atoms with Gasteiger partial charge in [0.2, 0.25) is 0 Å². The van der Waals surface area contributed by atoms with Crippen LogP contribution in [0.1, 0.15) is 13.8 Å². The fraction of sp³-hybridized carbons (Fsp3) is 0.130. The number of thiol groups is 1. The summed E-state index contributed by atoms with van der Waals surface area (Å²) in [5.41, 5.74) is 2.52. The molecule has 25 heavy (non-hydrogen) atoms. The van der Waals surface area contributed by atoms with Crippen LogP contribution < -0.4 is 0 Å². The fourth-order valence-electron chi connectivity index (χ4n) is 2.77. The van der Waals surface area contributed by atoms with E-state index in [1.807, 2.05) is 13.8 Å². The molecular weight excluding hydrogens is 388 g/mol. The lowest BCUT2D eigenvalue weighted by Gasteiger charge is -2.06. The molecule has 0 heterocycles. The smallest absolute Gasteiger partial charge is 0.0181 e. The van der Waals surface area contributed by atoms with Gasteiger partial charge in [-0.2, -0.15) is 12.6 Å². The van der Waals surface area contributed by atoms with Crippen LogP contribution in [-0.2, 0) is 0 Å². The average Bonchev–Trinajstić information content (AvgIpc) is 2.70. The van der Waals surface area contributed by atoms with Gasteiger partial charge in [-0.3, -0.25) is 0 Å². The molecule has 0 aromatic heterocycles. The van der Waals surface area contributed by atoms with Crippen molar-refractivity contribution in [1.82, 2.24) is 0 Å². The Balaban J connectivity index is 0.000000528. The number of rotatable bonds is 1. The van der Waals surface area contributed by atoms with Crippen LogP contribution in [0.2, 0.25) is 0 Å². The van der Waals surface area contributed by atoms with Crippen molar-refractivity contribution in [3.63, 3.8) is 0 Å². The molecule has 0 amide bonds. The van der Waals surface area contributed by atoms with E-state index in [0.29, 0.717) is 0 Å². The summed E-state index contributed by atoms with van der Waals surface area (Å²) >= 11 is 7.05. The van der Waals surface area contributed by atoms with Crippen molar-refractivity contribution >= 4 is 50.1 Å². The first-order chi connectivity index (χ1) is 12.3.